The first-order valence-electron chi connectivity index (χ1n) is 8.78. The van der Waals surface area contributed by atoms with Gasteiger partial charge < -0.3 is 20.1 Å². The number of aromatic nitrogens is 1. The lowest BCUT2D eigenvalue weighted by atomic mass is 9.90. The van der Waals surface area contributed by atoms with Crippen LogP contribution in [0.5, 0.6) is 11.6 Å². The number of likely N-dealkylation sites (tertiary alicyclic amines) is 1. The summed E-state index contributed by atoms with van der Waals surface area (Å²) in [5.74, 6) is 0.290. The van der Waals surface area contributed by atoms with Crippen LogP contribution in [0.15, 0.2) is 36.5 Å². The molecule has 2 amide bonds. The molecule has 0 bridgehead atoms. The Morgan fingerprint density at radius 3 is 2.67 bits per heavy atom. The Kier molecular flexibility index (Phi) is 5.03. The number of pyridine rings is 1. The standard InChI is InChI=1S/C20H23N3O4/c1-13-5-4-6-16(14(13)2)27-17-8-7-15(11-21-17)22-19(26)23-10-9-20(3,12-23)18(24)25/h4-8,11H,9-10,12H2,1-3H3,(H,22,26)(H,24,25). The highest BCUT2D eigenvalue weighted by Gasteiger charge is 2.42. The number of carbonyl (C=O) groups is 2. The predicted molar refractivity (Wildman–Crippen MR) is 101 cm³/mol. The lowest BCUT2D eigenvalue weighted by Crippen LogP contribution is -2.37. The minimum absolute atomic E-state index is 0.190. The minimum Gasteiger partial charge on any atom is -0.481 e. The number of hydrogen-bond acceptors (Lipinski definition) is 4. The lowest BCUT2D eigenvalue weighted by Gasteiger charge is -2.20. The number of amides is 2. The molecule has 3 rings (SSSR count). The smallest absolute Gasteiger partial charge is 0.321 e. The molecule has 1 atom stereocenters. The van der Waals surface area contributed by atoms with Crippen molar-refractivity contribution in [2.24, 2.45) is 5.41 Å². The molecular formula is C20H23N3O4. The van der Waals surface area contributed by atoms with Crippen molar-refractivity contribution in [3.05, 3.63) is 47.7 Å². The van der Waals surface area contributed by atoms with E-state index in [2.05, 4.69) is 10.3 Å². The molecule has 1 saturated heterocycles. The van der Waals surface area contributed by atoms with E-state index in [-0.39, 0.29) is 12.6 Å². The number of carbonyl (C=O) groups excluding carboxylic acids is 1. The van der Waals surface area contributed by atoms with Crippen LogP contribution in [-0.4, -0.2) is 40.1 Å². The van der Waals surface area contributed by atoms with Gasteiger partial charge in [-0.05, 0) is 50.5 Å². The summed E-state index contributed by atoms with van der Waals surface area (Å²) in [7, 11) is 0. The number of anilines is 1. The maximum atomic E-state index is 12.3. The van der Waals surface area contributed by atoms with Crippen LogP contribution in [0, 0.1) is 19.3 Å². The molecule has 1 aromatic heterocycles. The number of urea groups is 1. The van der Waals surface area contributed by atoms with Gasteiger partial charge in [0, 0.05) is 19.2 Å². The number of nitrogens with zero attached hydrogens (tertiary/aromatic N) is 2. The van der Waals surface area contributed by atoms with Crippen molar-refractivity contribution in [3.8, 4) is 11.6 Å². The minimum atomic E-state index is -0.890. The van der Waals surface area contributed by atoms with E-state index in [4.69, 9.17) is 4.74 Å². The van der Waals surface area contributed by atoms with Gasteiger partial charge in [-0.2, -0.15) is 0 Å². The SMILES string of the molecule is Cc1cccc(Oc2ccc(NC(=O)N3CCC(C)(C(=O)O)C3)cn2)c1C. The Labute approximate surface area is 158 Å². The van der Waals surface area contributed by atoms with E-state index in [1.807, 2.05) is 32.0 Å². The van der Waals surface area contributed by atoms with Crippen molar-refractivity contribution < 1.29 is 19.4 Å². The van der Waals surface area contributed by atoms with Crippen molar-refractivity contribution in [1.29, 1.82) is 0 Å². The van der Waals surface area contributed by atoms with Crippen LogP contribution in [-0.2, 0) is 4.79 Å². The number of carboxylic acid groups (broad SMARTS) is 1. The second-order valence-electron chi connectivity index (χ2n) is 7.15. The first-order chi connectivity index (χ1) is 12.8. The van der Waals surface area contributed by atoms with E-state index in [1.54, 1.807) is 19.1 Å². The molecule has 0 radical (unpaired) electrons. The molecule has 1 aromatic carbocycles. The van der Waals surface area contributed by atoms with Gasteiger partial charge in [0.2, 0.25) is 5.88 Å². The summed E-state index contributed by atoms with van der Waals surface area (Å²) < 4.78 is 5.80. The van der Waals surface area contributed by atoms with E-state index in [0.717, 1.165) is 16.9 Å². The molecule has 1 fully saturated rings. The zero-order valence-corrected chi connectivity index (χ0v) is 15.7. The van der Waals surface area contributed by atoms with E-state index in [0.29, 0.717) is 24.5 Å². The predicted octanol–water partition coefficient (Wildman–Crippen LogP) is 3.82. The third kappa shape index (κ3) is 4.02. The van der Waals surface area contributed by atoms with Crippen molar-refractivity contribution in [2.75, 3.05) is 18.4 Å². The van der Waals surface area contributed by atoms with Crippen LogP contribution in [0.2, 0.25) is 0 Å². The summed E-state index contributed by atoms with van der Waals surface area (Å²) in [6, 6.07) is 8.88. The molecular weight excluding hydrogens is 346 g/mol. The van der Waals surface area contributed by atoms with Gasteiger partial charge in [-0.15, -0.1) is 0 Å². The number of aryl methyl sites for hydroxylation is 1. The van der Waals surface area contributed by atoms with E-state index in [9.17, 15) is 14.7 Å². The van der Waals surface area contributed by atoms with E-state index in [1.165, 1.54) is 11.1 Å². The van der Waals surface area contributed by atoms with Gasteiger partial charge in [0.05, 0.1) is 17.3 Å². The van der Waals surface area contributed by atoms with Gasteiger partial charge in [0.15, 0.2) is 0 Å². The molecule has 27 heavy (non-hydrogen) atoms. The van der Waals surface area contributed by atoms with Gasteiger partial charge in [-0.3, -0.25) is 4.79 Å². The highest BCUT2D eigenvalue weighted by Crippen LogP contribution is 2.30. The Hall–Kier alpha value is -3.09. The summed E-state index contributed by atoms with van der Waals surface area (Å²) in [6.07, 6.45) is 1.96. The molecule has 0 spiro atoms. The monoisotopic (exact) mass is 369 g/mol. The third-order valence-corrected chi connectivity index (χ3v) is 5.03. The van der Waals surface area contributed by atoms with Gasteiger partial charge in [-0.25, -0.2) is 9.78 Å². The fraction of sp³-hybridized carbons (Fsp3) is 0.350. The lowest BCUT2D eigenvalue weighted by molar-refractivity contribution is -0.146. The van der Waals surface area contributed by atoms with Crippen molar-refractivity contribution in [3.63, 3.8) is 0 Å². The number of benzene rings is 1. The molecule has 142 valence electrons. The van der Waals surface area contributed by atoms with Crippen LogP contribution in [0.3, 0.4) is 0 Å². The molecule has 7 nitrogen and oxygen atoms in total. The number of rotatable bonds is 4. The molecule has 1 aliphatic rings. The Bertz CT molecular complexity index is 866. The van der Waals surface area contributed by atoms with Gasteiger partial charge in [-0.1, -0.05) is 12.1 Å². The van der Waals surface area contributed by atoms with Crippen LogP contribution in [0.25, 0.3) is 0 Å². The fourth-order valence-corrected chi connectivity index (χ4v) is 2.97. The molecule has 7 heteroatoms. The van der Waals surface area contributed by atoms with E-state index < -0.39 is 11.4 Å². The number of hydrogen-bond donors (Lipinski definition) is 2. The maximum absolute atomic E-state index is 12.3. The topological polar surface area (TPSA) is 91.8 Å². The van der Waals surface area contributed by atoms with Crippen LogP contribution >= 0.6 is 0 Å². The van der Waals surface area contributed by atoms with Crippen molar-refractivity contribution >= 4 is 17.7 Å². The Morgan fingerprint density at radius 1 is 1.26 bits per heavy atom. The summed E-state index contributed by atoms with van der Waals surface area (Å²) in [6.45, 7) is 6.26. The summed E-state index contributed by atoms with van der Waals surface area (Å²) in [5, 5.41) is 12.0. The number of carboxylic acids is 1. The number of ether oxygens (including phenoxy) is 1. The quantitative estimate of drug-likeness (QED) is 0.855. The van der Waals surface area contributed by atoms with Crippen LogP contribution in [0.1, 0.15) is 24.5 Å². The highest BCUT2D eigenvalue weighted by atomic mass is 16.5. The first-order valence-corrected chi connectivity index (χ1v) is 8.78. The molecule has 1 unspecified atom stereocenters. The Morgan fingerprint density at radius 2 is 2.04 bits per heavy atom. The zero-order valence-electron chi connectivity index (χ0n) is 15.7. The number of aliphatic carboxylic acids is 1. The average molecular weight is 369 g/mol. The molecule has 1 aliphatic heterocycles. The zero-order chi connectivity index (χ0) is 19.6. The molecule has 2 N–H and O–H groups in total. The largest absolute Gasteiger partial charge is 0.481 e. The van der Waals surface area contributed by atoms with Crippen LogP contribution < -0.4 is 10.1 Å². The van der Waals surface area contributed by atoms with Crippen molar-refractivity contribution in [1.82, 2.24) is 9.88 Å². The second kappa shape index (κ2) is 7.26. The first kappa shape index (κ1) is 18.7. The summed E-state index contributed by atoms with van der Waals surface area (Å²) in [5.41, 5.74) is 1.82. The van der Waals surface area contributed by atoms with Crippen molar-refractivity contribution in [2.45, 2.75) is 27.2 Å². The van der Waals surface area contributed by atoms with Gasteiger partial charge in [0.1, 0.15) is 5.75 Å². The van der Waals surface area contributed by atoms with Gasteiger partial charge in [0.25, 0.3) is 0 Å². The molecule has 2 heterocycles. The fourth-order valence-electron chi connectivity index (χ4n) is 2.97. The maximum Gasteiger partial charge on any atom is 0.321 e. The van der Waals surface area contributed by atoms with E-state index >= 15 is 0 Å². The third-order valence-electron chi connectivity index (χ3n) is 5.03. The normalized spacial score (nSPS) is 19.0. The van der Waals surface area contributed by atoms with Crippen LogP contribution in [0.4, 0.5) is 10.5 Å². The Balaban J connectivity index is 1.62. The molecule has 2 aromatic rings. The molecule has 0 aliphatic carbocycles. The average Bonchev–Trinajstić information content (AvgIpc) is 3.05. The summed E-state index contributed by atoms with van der Waals surface area (Å²) in [4.78, 5) is 29.4. The van der Waals surface area contributed by atoms with Gasteiger partial charge >= 0.3 is 12.0 Å². The number of nitrogens with one attached hydrogen (secondary N) is 1. The highest BCUT2D eigenvalue weighted by molar-refractivity contribution is 5.90. The molecule has 0 saturated carbocycles. The second-order valence-corrected chi connectivity index (χ2v) is 7.15. The summed E-state index contributed by atoms with van der Waals surface area (Å²) >= 11 is 0.